The van der Waals surface area contributed by atoms with E-state index in [1.165, 1.54) is 29.5 Å². The van der Waals surface area contributed by atoms with Gasteiger partial charge in [-0.1, -0.05) is 18.5 Å². The van der Waals surface area contributed by atoms with E-state index in [1.807, 2.05) is 19.2 Å². The van der Waals surface area contributed by atoms with E-state index in [4.69, 9.17) is 16.7 Å². The summed E-state index contributed by atoms with van der Waals surface area (Å²) in [5.74, 6) is -1.34. The third-order valence-corrected chi connectivity index (χ3v) is 4.41. The second-order valence-electron chi connectivity index (χ2n) is 4.50. The maximum absolute atomic E-state index is 12.4. The summed E-state index contributed by atoms with van der Waals surface area (Å²) in [6.45, 7) is 3.87. The number of benzene rings is 1. The molecule has 0 radical (unpaired) electrons. The molecular formula is C15H14ClNO3S. The number of carboxylic acid groups (broad SMARTS) is 1. The highest BCUT2D eigenvalue weighted by atomic mass is 35.5. The molecule has 2 N–H and O–H groups in total. The van der Waals surface area contributed by atoms with Gasteiger partial charge in [-0.05, 0) is 42.5 Å². The largest absolute Gasteiger partial charge is 0.478 e. The third kappa shape index (κ3) is 3.25. The predicted octanol–water partition coefficient (Wildman–Crippen LogP) is 4.22. The molecule has 6 heteroatoms. The van der Waals surface area contributed by atoms with Crippen molar-refractivity contribution in [2.45, 2.75) is 20.3 Å². The number of aromatic carboxylic acids is 1. The van der Waals surface area contributed by atoms with Gasteiger partial charge in [0.25, 0.3) is 5.91 Å². The number of hydrogen-bond acceptors (Lipinski definition) is 3. The Balaban J connectivity index is 2.33. The van der Waals surface area contributed by atoms with Gasteiger partial charge in [0.1, 0.15) is 0 Å². The molecule has 2 aromatic rings. The van der Waals surface area contributed by atoms with Gasteiger partial charge in [-0.3, -0.25) is 4.79 Å². The number of halogens is 1. The minimum atomic E-state index is -1.07. The van der Waals surface area contributed by atoms with Crippen molar-refractivity contribution in [3.63, 3.8) is 0 Å². The number of aryl methyl sites for hydroxylation is 2. The molecule has 0 aliphatic rings. The van der Waals surface area contributed by atoms with Crippen LogP contribution in [0.25, 0.3) is 0 Å². The minimum Gasteiger partial charge on any atom is -0.478 e. The molecule has 0 spiro atoms. The quantitative estimate of drug-likeness (QED) is 0.885. The van der Waals surface area contributed by atoms with Crippen molar-refractivity contribution in [3.05, 3.63) is 50.2 Å². The molecule has 1 aromatic heterocycles. The van der Waals surface area contributed by atoms with Crippen LogP contribution < -0.4 is 5.32 Å². The van der Waals surface area contributed by atoms with Gasteiger partial charge in [-0.25, -0.2) is 4.79 Å². The molecule has 0 aliphatic heterocycles. The van der Waals surface area contributed by atoms with Crippen LogP contribution in [0.2, 0.25) is 5.02 Å². The zero-order valence-electron chi connectivity index (χ0n) is 11.6. The Kier molecular flexibility index (Phi) is 4.65. The summed E-state index contributed by atoms with van der Waals surface area (Å²) >= 11 is 7.53. The Bertz CT molecular complexity index is 709. The maximum atomic E-state index is 12.4. The second-order valence-corrected chi connectivity index (χ2v) is 5.99. The molecule has 0 fully saturated rings. The molecule has 4 nitrogen and oxygen atoms in total. The Hall–Kier alpha value is -1.85. The van der Waals surface area contributed by atoms with Crippen molar-refractivity contribution in [1.82, 2.24) is 0 Å². The molecule has 0 aliphatic carbocycles. The van der Waals surface area contributed by atoms with Crippen LogP contribution in [0.15, 0.2) is 23.6 Å². The zero-order valence-corrected chi connectivity index (χ0v) is 13.1. The number of anilines is 1. The van der Waals surface area contributed by atoms with Crippen LogP contribution >= 0.6 is 22.9 Å². The standard InChI is InChI=1S/C15H14ClNO3S/c1-3-9-7-21-8(2)13(9)14(18)17-12-6-10(15(19)20)4-5-11(12)16/h4-7H,3H2,1-2H3,(H,17,18)(H,19,20). The van der Waals surface area contributed by atoms with Crippen molar-refractivity contribution < 1.29 is 14.7 Å². The SMILES string of the molecule is CCc1csc(C)c1C(=O)Nc1cc(C(=O)O)ccc1Cl. The topological polar surface area (TPSA) is 66.4 Å². The van der Waals surface area contributed by atoms with Gasteiger partial charge in [-0.2, -0.15) is 0 Å². The highest BCUT2D eigenvalue weighted by Gasteiger charge is 2.17. The van der Waals surface area contributed by atoms with Crippen LogP contribution in [0.4, 0.5) is 5.69 Å². The molecule has 1 heterocycles. The van der Waals surface area contributed by atoms with Crippen molar-refractivity contribution in [2.24, 2.45) is 0 Å². The first-order chi connectivity index (χ1) is 9.93. The highest BCUT2D eigenvalue weighted by molar-refractivity contribution is 7.10. The lowest BCUT2D eigenvalue weighted by molar-refractivity contribution is 0.0696. The van der Waals surface area contributed by atoms with Gasteiger partial charge >= 0.3 is 5.97 Å². The van der Waals surface area contributed by atoms with Gasteiger partial charge in [0.2, 0.25) is 0 Å². The van der Waals surface area contributed by atoms with Gasteiger partial charge in [0.05, 0.1) is 21.8 Å². The number of amides is 1. The highest BCUT2D eigenvalue weighted by Crippen LogP contribution is 2.27. The molecule has 2 rings (SSSR count). The van der Waals surface area contributed by atoms with E-state index in [0.29, 0.717) is 16.3 Å². The van der Waals surface area contributed by atoms with Crippen molar-refractivity contribution in [1.29, 1.82) is 0 Å². The van der Waals surface area contributed by atoms with Crippen LogP contribution in [0.5, 0.6) is 0 Å². The number of rotatable bonds is 4. The van der Waals surface area contributed by atoms with E-state index >= 15 is 0 Å². The fraction of sp³-hybridized carbons (Fsp3) is 0.200. The summed E-state index contributed by atoms with van der Waals surface area (Å²) in [7, 11) is 0. The molecule has 21 heavy (non-hydrogen) atoms. The van der Waals surface area contributed by atoms with Crippen molar-refractivity contribution >= 4 is 40.5 Å². The molecule has 0 atom stereocenters. The van der Waals surface area contributed by atoms with Crippen molar-refractivity contribution in [3.8, 4) is 0 Å². The summed E-state index contributed by atoms with van der Waals surface area (Å²) in [5.41, 5.74) is 1.99. The number of carboxylic acids is 1. The van der Waals surface area contributed by atoms with E-state index in [2.05, 4.69) is 5.32 Å². The molecule has 110 valence electrons. The molecular weight excluding hydrogens is 310 g/mol. The zero-order chi connectivity index (χ0) is 15.6. The van der Waals surface area contributed by atoms with E-state index < -0.39 is 5.97 Å². The summed E-state index contributed by atoms with van der Waals surface area (Å²) in [6, 6.07) is 4.21. The third-order valence-electron chi connectivity index (χ3n) is 3.12. The van der Waals surface area contributed by atoms with E-state index in [1.54, 1.807) is 0 Å². The maximum Gasteiger partial charge on any atom is 0.335 e. The van der Waals surface area contributed by atoms with Crippen LogP contribution in [0.3, 0.4) is 0 Å². The average molecular weight is 324 g/mol. The van der Waals surface area contributed by atoms with Crippen LogP contribution in [0, 0.1) is 6.92 Å². The lowest BCUT2D eigenvalue weighted by Crippen LogP contribution is -2.14. The Morgan fingerprint density at radius 3 is 2.71 bits per heavy atom. The molecule has 1 aromatic carbocycles. The van der Waals surface area contributed by atoms with E-state index in [9.17, 15) is 9.59 Å². The molecule has 1 amide bonds. The molecule has 0 saturated heterocycles. The van der Waals surface area contributed by atoms with Crippen LogP contribution in [0.1, 0.15) is 38.1 Å². The monoisotopic (exact) mass is 323 g/mol. The first-order valence-electron chi connectivity index (χ1n) is 6.35. The summed E-state index contributed by atoms with van der Waals surface area (Å²) in [4.78, 5) is 24.3. The van der Waals surface area contributed by atoms with Crippen molar-refractivity contribution in [2.75, 3.05) is 5.32 Å². The summed E-state index contributed by atoms with van der Waals surface area (Å²) < 4.78 is 0. The van der Waals surface area contributed by atoms with Gasteiger partial charge in [0, 0.05) is 4.88 Å². The van der Waals surface area contributed by atoms with Crippen LogP contribution in [-0.2, 0) is 6.42 Å². The van der Waals surface area contributed by atoms with E-state index in [0.717, 1.165) is 16.9 Å². The number of hydrogen-bond donors (Lipinski definition) is 2. The number of carbonyl (C=O) groups excluding carboxylic acids is 1. The summed E-state index contributed by atoms with van der Waals surface area (Å²) in [5, 5.41) is 13.9. The van der Waals surface area contributed by atoms with Gasteiger partial charge < -0.3 is 10.4 Å². The Labute approximate surface area is 131 Å². The number of thiophene rings is 1. The van der Waals surface area contributed by atoms with Crippen LogP contribution in [-0.4, -0.2) is 17.0 Å². The first kappa shape index (κ1) is 15.5. The lowest BCUT2D eigenvalue weighted by Gasteiger charge is -2.09. The predicted molar refractivity (Wildman–Crippen MR) is 84.8 cm³/mol. The Morgan fingerprint density at radius 1 is 1.38 bits per heavy atom. The van der Waals surface area contributed by atoms with E-state index in [-0.39, 0.29) is 11.5 Å². The fourth-order valence-electron chi connectivity index (χ4n) is 2.01. The smallest absolute Gasteiger partial charge is 0.335 e. The van der Waals surface area contributed by atoms with Gasteiger partial charge in [0.15, 0.2) is 0 Å². The molecule has 0 bridgehead atoms. The molecule has 0 saturated carbocycles. The Morgan fingerprint density at radius 2 is 2.10 bits per heavy atom. The second kappa shape index (κ2) is 6.28. The summed E-state index contributed by atoms with van der Waals surface area (Å²) in [6.07, 6.45) is 0.760. The normalized spacial score (nSPS) is 10.4. The minimum absolute atomic E-state index is 0.0763. The number of nitrogens with one attached hydrogen (secondary N) is 1. The number of carbonyl (C=O) groups is 2. The lowest BCUT2D eigenvalue weighted by atomic mass is 10.1. The molecule has 0 unspecified atom stereocenters. The van der Waals surface area contributed by atoms with Gasteiger partial charge in [-0.15, -0.1) is 11.3 Å². The first-order valence-corrected chi connectivity index (χ1v) is 7.61. The average Bonchev–Trinajstić information content (AvgIpc) is 2.82. The fourth-order valence-corrected chi connectivity index (χ4v) is 3.12.